The van der Waals surface area contributed by atoms with Crippen LogP contribution in [-0.4, -0.2) is 94.5 Å². The van der Waals surface area contributed by atoms with Gasteiger partial charge >= 0.3 is 6.09 Å². The van der Waals surface area contributed by atoms with Gasteiger partial charge in [0.2, 0.25) is 17.7 Å². The van der Waals surface area contributed by atoms with Crippen LogP contribution in [0.2, 0.25) is 0 Å². The average molecular weight is 855 g/mol. The number of para-hydroxylation sites is 1. The molecule has 5 amide bonds. The SMILES string of the molecule is CC(C)CC(C/C=C/[C@H](Cc1ccccc1)C(=O)N1CCC[C@H]1C(=O)N[C@H](C(=O)NCCCNC(=O)c1cccc2[nH]c([C@]3(C)CCCN3)nc12)C(C)C)NC(=O)OC(C)(C)C. The lowest BCUT2D eigenvalue weighted by Crippen LogP contribution is -2.55. The Morgan fingerprint density at radius 1 is 0.968 bits per heavy atom. The second kappa shape index (κ2) is 21.7. The Hall–Kier alpha value is -5.24. The van der Waals surface area contributed by atoms with Crippen LogP contribution < -0.4 is 26.6 Å². The number of H-pyrrole nitrogens is 1. The minimum Gasteiger partial charge on any atom is -0.444 e. The van der Waals surface area contributed by atoms with Gasteiger partial charge in [-0.15, -0.1) is 0 Å². The Kier molecular flexibility index (Phi) is 16.7. The molecule has 62 heavy (non-hydrogen) atoms. The second-order valence-corrected chi connectivity index (χ2v) is 18.9. The Morgan fingerprint density at radius 3 is 2.39 bits per heavy atom. The Morgan fingerprint density at radius 2 is 1.71 bits per heavy atom. The summed E-state index contributed by atoms with van der Waals surface area (Å²) in [6.45, 7) is 17.5. The molecule has 338 valence electrons. The van der Waals surface area contributed by atoms with E-state index < -0.39 is 29.7 Å². The van der Waals surface area contributed by atoms with Crippen molar-refractivity contribution in [2.45, 2.75) is 136 Å². The molecule has 0 aliphatic carbocycles. The normalized spacial score (nSPS) is 19.5. The van der Waals surface area contributed by atoms with Gasteiger partial charge in [0.05, 0.1) is 22.5 Å². The number of alkyl carbamates (subject to hydrolysis) is 1. The van der Waals surface area contributed by atoms with Gasteiger partial charge in [-0.2, -0.15) is 0 Å². The number of imidazole rings is 1. The molecule has 14 heteroatoms. The summed E-state index contributed by atoms with van der Waals surface area (Å²) in [5.74, 6) is -0.675. The zero-order valence-electron chi connectivity index (χ0n) is 38.1. The Bertz CT molecular complexity index is 2020. The van der Waals surface area contributed by atoms with Crippen LogP contribution in [0, 0.1) is 17.8 Å². The lowest BCUT2D eigenvalue weighted by molar-refractivity contribution is -0.141. The summed E-state index contributed by atoms with van der Waals surface area (Å²) in [5, 5.41) is 15.4. The second-order valence-electron chi connectivity index (χ2n) is 18.9. The van der Waals surface area contributed by atoms with E-state index in [2.05, 4.69) is 52.3 Å². The Labute approximate surface area is 367 Å². The summed E-state index contributed by atoms with van der Waals surface area (Å²) >= 11 is 0. The van der Waals surface area contributed by atoms with Crippen molar-refractivity contribution in [3.05, 3.63) is 77.6 Å². The number of carbonyl (C=O) groups is 5. The molecule has 0 saturated carbocycles. The number of aromatic amines is 1. The maximum Gasteiger partial charge on any atom is 0.407 e. The number of hydrogen-bond acceptors (Lipinski definition) is 8. The van der Waals surface area contributed by atoms with Gasteiger partial charge in [0.25, 0.3) is 5.91 Å². The van der Waals surface area contributed by atoms with Crippen molar-refractivity contribution in [3.8, 4) is 0 Å². The van der Waals surface area contributed by atoms with Crippen LogP contribution >= 0.6 is 0 Å². The van der Waals surface area contributed by atoms with Crippen LogP contribution in [0.3, 0.4) is 0 Å². The maximum atomic E-state index is 14.4. The number of ether oxygens (including phenoxy) is 1. The summed E-state index contributed by atoms with van der Waals surface area (Å²) in [7, 11) is 0. The van der Waals surface area contributed by atoms with E-state index >= 15 is 0 Å². The largest absolute Gasteiger partial charge is 0.444 e. The molecule has 1 aromatic heterocycles. The van der Waals surface area contributed by atoms with Gasteiger partial charge < -0.3 is 41.2 Å². The molecule has 0 radical (unpaired) electrons. The first-order valence-electron chi connectivity index (χ1n) is 22.5. The summed E-state index contributed by atoms with van der Waals surface area (Å²) in [6.07, 6.45) is 8.75. The van der Waals surface area contributed by atoms with Gasteiger partial charge in [0.15, 0.2) is 0 Å². The molecule has 2 fully saturated rings. The predicted molar refractivity (Wildman–Crippen MR) is 242 cm³/mol. The number of carbonyl (C=O) groups excluding carboxylic acids is 5. The monoisotopic (exact) mass is 855 g/mol. The highest BCUT2D eigenvalue weighted by atomic mass is 16.6. The zero-order chi connectivity index (χ0) is 45.0. The van der Waals surface area contributed by atoms with Gasteiger partial charge in [0.1, 0.15) is 29.0 Å². The molecule has 5 rings (SSSR count). The van der Waals surface area contributed by atoms with E-state index in [0.717, 1.165) is 42.7 Å². The maximum absolute atomic E-state index is 14.4. The van der Waals surface area contributed by atoms with Gasteiger partial charge in [-0.05, 0) is 115 Å². The molecule has 3 aromatic rings. The number of nitrogens with one attached hydrogen (secondary N) is 6. The van der Waals surface area contributed by atoms with Crippen molar-refractivity contribution in [1.82, 2.24) is 41.5 Å². The fraction of sp³-hybridized carbons (Fsp3) is 0.583. The van der Waals surface area contributed by atoms with Crippen molar-refractivity contribution in [1.29, 1.82) is 0 Å². The van der Waals surface area contributed by atoms with E-state index in [9.17, 15) is 24.0 Å². The molecule has 2 saturated heterocycles. The number of nitrogens with zero attached hydrogens (tertiary/aromatic N) is 2. The number of fused-ring (bicyclic) bond motifs is 1. The van der Waals surface area contributed by atoms with Crippen molar-refractivity contribution >= 4 is 40.8 Å². The topological polar surface area (TPSA) is 187 Å². The number of rotatable bonds is 19. The third kappa shape index (κ3) is 13.4. The quantitative estimate of drug-likeness (QED) is 0.0602. The number of benzene rings is 2. The van der Waals surface area contributed by atoms with Crippen molar-refractivity contribution in [2.24, 2.45) is 17.8 Å². The third-order valence-corrected chi connectivity index (χ3v) is 11.6. The predicted octanol–water partition coefficient (Wildman–Crippen LogP) is 6.27. The molecule has 3 heterocycles. The highest BCUT2D eigenvalue weighted by molar-refractivity contribution is 6.05. The number of aromatic nitrogens is 2. The molecule has 2 aliphatic rings. The van der Waals surface area contributed by atoms with Crippen LogP contribution in [-0.2, 0) is 31.1 Å². The summed E-state index contributed by atoms with van der Waals surface area (Å²) in [4.78, 5) is 77.5. The lowest BCUT2D eigenvalue weighted by Gasteiger charge is -2.30. The van der Waals surface area contributed by atoms with Crippen LogP contribution in [0.4, 0.5) is 4.79 Å². The first kappa shape index (κ1) is 47.8. The molecular formula is C48H70N8O6. The first-order valence-corrected chi connectivity index (χ1v) is 22.5. The third-order valence-electron chi connectivity index (χ3n) is 11.6. The highest BCUT2D eigenvalue weighted by Gasteiger charge is 2.39. The van der Waals surface area contributed by atoms with Gasteiger partial charge in [0, 0.05) is 25.7 Å². The minimum atomic E-state index is -0.812. The molecule has 0 spiro atoms. The fourth-order valence-electron chi connectivity index (χ4n) is 8.35. The number of likely N-dealkylation sites (tertiary alicyclic amines) is 1. The fourth-order valence-corrected chi connectivity index (χ4v) is 8.35. The minimum absolute atomic E-state index is 0.153. The number of amides is 5. The summed E-state index contributed by atoms with van der Waals surface area (Å²) in [5.41, 5.74) is 2.04. The van der Waals surface area contributed by atoms with E-state index in [4.69, 9.17) is 9.72 Å². The standard InChI is InChI=1S/C48H70N8O6/c1-31(2)29-35(52-46(61)62-47(5,6)7)20-12-19-34(30-33-17-10-9-11-18-33)44(60)56-28-14-23-38(56)42(58)54-39(32(3)4)43(59)50-26-16-25-49-41(57)36-21-13-22-37-40(36)55-45(53-37)48(8)24-15-27-51-48/h9-13,17-19,21-22,31-32,34-35,38-39,51H,14-16,20,23-30H2,1-8H3,(H,49,57)(H,50,59)(H,52,61)(H,53,55)(H,54,58)/b19-12+/t34-,35?,38+,39+,48+/m1/s1. The van der Waals surface area contributed by atoms with Crippen LogP contribution in [0.25, 0.3) is 11.0 Å². The van der Waals surface area contributed by atoms with E-state index in [1.54, 1.807) is 11.0 Å². The average Bonchev–Trinajstić information content (AvgIpc) is 3.99. The Balaban J connectivity index is 1.16. The van der Waals surface area contributed by atoms with Crippen molar-refractivity contribution in [3.63, 3.8) is 0 Å². The molecular weight excluding hydrogens is 785 g/mol. The van der Waals surface area contributed by atoms with Gasteiger partial charge in [-0.3, -0.25) is 19.2 Å². The van der Waals surface area contributed by atoms with Crippen LogP contribution in [0.15, 0.2) is 60.7 Å². The zero-order valence-corrected chi connectivity index (χ0v) is 38.1. The molecule has 6 N–H and O–H groups in total. The smallest absolute Gasteiger partial charge is 0.407 e. The molecule has 1 unspecified atom stereocenters. The molecule has 14 nitrogen and oxygen atoms in total. The van der Waals surface area contributed by atoms with E-state index in [-0.39, 0.29) is 41.1 Å². The lowest BCUT2D eigenvalue weighted by atomic mass is 9.95. The van der Waals surface area contributed by atoms with E-state index in [0.29, 0.717) is 68.7 Å². The van der Waals surface area contributed by atoms with E-state index in [1.165, 1.54) is 0 Å². The molecule has 0 bridgehead atoms. The molecule has 2 aromatic carbocycles. The van der Waals surface area contributed by atoms with Crippen LogP contribution in [0.1, 0.15) is 122 Å². The van der Waals surface area contributed by atoms with Gasteiger partial charge in [-0.1, -0.05) is 76.2 Å². The summed E-state index contributed by atoms with van der Waals surface area (Å²) in [6, 6.07) is 13.6. The molecule has 2 aliphatic heterocycles. The van der Waals surface area contributed by atoms with Gasteiger partial charge in [-0.25, -0.2) is 9.78 Å². The molecule has 5 atom stereocenters. The van der Waals surface area contributed by atoms with E-state index in [1.807, 2.05) is 89.2 Å². The van der Waals surface area contributed by atoms with Crippen molar-refractivity contribution < 1.29 is 28.7 Å². The first-order chi connectivity index (χ1) is 29.4. The highest BCUT2D eigenvalue weighted by Crippen LogP contribution is 2.30. The van der Waals surface area contributed by atoms with Crippen molar-refractivity contribution in [2.75, 3.05) is 26.2 Å². The number of hydrogen-bond donors (Lipinski definition) is 6. The summed E-state index contributed by atoms with van der Waals surface area (Å²) < 4.78 is 5.51. The van der Waals surface area contributed by atoms with Crippen LogP contribution in [0.5, 0.6) is 0 Å².